The molecule has 33 heavy (non-hydrogen) atoms. The zero-order valence-electron chi connectivity index (χ0n) is 20.7. The first-order valence-corrected chi connectivity index (χ1v) is 12.3. The Labute approximate surface area is 198 Å². The molecule has 1 amide bonds. The van der Waals surface area contributed by atoms with Crippen molar-refractivity contribution in [2.75, 3.05) is 11.9 Å². The lowest BCUT2D eigenvalue weighted by Crippen LogP contribution is -2.34. The van der Waals surface area contributed by atoms with Crippen LogP contribution in [-0.2, 0) is 26.8 Å². The van der Waals surface area contributed by atoms with Crippen LogP contribution in [0.5, 0.6) is 0 Å². The van der Waals surface area contributed by atoms with E-state index in [2.05, 4.69) is 45.1 Å². The zero-order chi connectivity index (χ0) is 23.8. The van der Waals surface area contributed by atoms with E-state index < -0.39 is 0 Å². The molecule has 2 aliphatic carbocycles. The molecule has 176 valence electrons. The normalized spacial score (nSPS) is 18.7. The molecule has 2 aliphatic rings. The van der Waals surface area contributed by atoms with Crippen LogP contribution >= 0.6 is 0 Å². The molecular formula is C29H37NO3. The smallest absolute Gasteiger partial charge is 0.338 e. The lowest BCUT2D eigenvalue weighted by Gasteiger charge is -2.42. The van der Waals surface area contributed by atoms with Gasteiger partial charge in [0.2, 0.25) is 5.91 Å². The van der Waals surface area contributed by atoms with Crippen LogP contribution < -0.4 is 5.32 Å². The van der Waals surface area contributed by atoms with E-state index in [-0.39, 0.29) is 28.6 Å². The Morgan fingerprint density at radius 3 is 2.15 bits per heavy atom. The average Bonchev–Trinajstić information content (AvgIpc) is 2.71. The van der Waals surface area contributed by atoms with Gasteiger partial charge in [0.25, 0.3) is 0 Å². The molecule has 0 heterocycles. The molecule has 0 spiro atoms. The van der Waals surface area contributed by atoms with E-state index in [0.717, 1.165) is 48.9 Å². The van der Waals surface area contributed by atoms with Crippen LogP contribution in [-0.4, -0.2) is 18.5 Å². The maximum atomic E-state index is 12.9. The number of aryl methyl sites for hydroxylation is 1. The molecule has 0 atom stereocenters. The van der Waals surface area contributed by atoms with Crippen LogP contribution in [0.3, 0.4) is 0 Å². The number of rotatable bonds is 6. The zero-order valence-corrected chi connectivity index (χ0v) is 20.7. The summed E-state index contributed by atoms with van der Waals surface area (Å²) in [7, 11) is 0. The largest absolute Gasteiger partial charge is 0.462 e. The van der Waals surface area contributed by atoms with Gasteiger partial charge < -0.3 is 10.1 Å². The number of nitrogens with one attached hydrogen (secondary N) is 1. The summed E-state index contributed by atoms with van der Waals surface area (Å²) >= 11 is 0. The third kappa shape index (κ3) is 5.00. The Kier molecular flexibility index (Phi) is 6.39. The molecule has 0 unspecified atom stereocenters. The van der Waals surface area contributed by atoms with Crippen molar-refractivity contribution in [2.24, 2.45) is 5.92 Å². The first kappa shape index (κ1) is 23.5. The number of amides is 1. The highest BCUT2D eigenvalue weighted by molar-refractivity contribution is 5.93. The minimum absolute atomic E-state index is 0.0589. The fraction of sp³-hybridized carbons (Fsp3) is 0.517. The van der Waals surface area contributed by atoms with Gasteiger partial charge in [-0.2, -0.15) is 0 Å². The number of hydrogen-bond acceptors (Lipinski definition) is 3. The van der Waals surface area contributed by atoms with Crippen molar-refractivity contribution >= 4 is 17.6 Å². The lowest BCUT2D eigenvalue weighted by molar-refractivity contribution is -0.122. The van der Waals surface area contributed by atoms with Crippen molar-refractivity contribution < 1.29 is 14.3 Å². The molecule has 4 heteroatoms. The number of carbonyl (C=O) groups is 2. The first-order valence-electron chi connectivity index (χ1n) is 12.3. The molecule has 0 bridgehead atoms. The summed E-state index contributed by atoms with van der Waals surface area (Å²) in [4.78, 5) is 25.0. The van der Waals surface area contributed by atoms with E-state index in [0.29, 0.717) is 18.6 Å². The second-order valence-corrected chi connectivity index (χ2v) is 11.2. The molecule has 1 saturated carbocycles. The van der Waals surface area contributed by atoms with E-state index in [1.807, 2.05) is 31.2 Å². The van der Waals surface area contributed by atoms with Gasteiger partial charge in [0.05, 0.1) is 12.2 Å². The second kappa shape index (κ2) is 8.96. The molecule has 2 aromatic carbocycles. The third-order valence-corrected chi connectivity index (χ3v) is 7.74. The summed E-state index contributed by atoms with van der Waals surface area (Å²) in [6, 6.07) is 12.1. The number of anilines is 1. The molecule has 4 nitrogen and oxygen atoms in total. The maximum Gasteiger partial charge on any atom is 0.338 e. The van der Waals surface area contributed by atoms with Gasteiger partial charge in [-0.1, -0.05) is 52.3 Å². The fourth-order valence-corrected chi connectivity index (χ4v) is 4.95. The predicted molar refractivity (Wildman–Crippen MR) is 133 cm³/mol. The Morgan fingerprint density at radius 2 is 1.58 bits per heavy atom. The summed E-state index contributed by atoms with van der Waals surface area (Å²) in [5.41, 5.74) is 6.38. The SMILES string of the molecule is Cc1cc2c(cc1C(=O)OCCc1ccc(NC(=O)C3CCC3)cc1)C(C)(C)CCC2(C)C. The van der Waals surface area contributed by atoms with Crippen LogP contribution in [0.25, 0.3) is 0 Å². The van der Waals surface area contributed by atoms with E-state index in [1.165, 1.54) is 11.1 Å². The van der Waals surface area contributed by atoms with Crippen molar-refractivity contribution in [1.82, 2.24) is 0 Å². The van der Waals surface area contributed by atoms with E-state index in [4.69, 9.17) is 4.74 Å². The predicted octanol–water partition coefficient (Wildman–Crippen LogP) is 6.48. The Balaban J connectivity index is 1.37. The van der Waals surface area contributed by atoms with E-state index >= 15 is 0 Å². The average molecular weight is 448 g/mol. The highest BCUT2D eigenvalue weighted by Gasteiger charge is 2.38. The molecule has 1 fully saturated rings. The third-order valence-electron chi connectivity index (χ3n) is 7.74. The van der Waals surface area contributed by atoms with Gasteiger partial charge in [-0.15, -0.1) is 0 Å². The summed E-state index contributed by atoms with van der Waals surface area (Å²) in [6.07, 6.45) is 6.05. The number of carbonyl (C=O) groups excluding carboxylic acids is 2. The van der Waals surface area contributed by atoms with Gasteiger partial charge in [-0.25, -0.2) is 4.79 Å². The summed E-state index contributed by atoms with van der Waals surface area (Å²) in [5, 5.41) is 2.99. The second-order valence-electron chi connectivity index (χ2n) is 11.2. The number of benzene rings is 2. The highest BCUT2D eigenvalue weighted by Crippen LogP contribution is 2.46. The van der Waals surface area contributed by atoms with Crippen molar-refractivity contribution in [3.63, 3.8) is 0 Å². The van der Waals surface area contributed by atoms with Crippen molar-refractivity contribution in [3.05, 3.63) is 64.2 Å². The molecule has 0 aromatic heterocycles. The monoisotopic (exact) mass is 447 g/mol. The molecule has 4 rings (SSSR count). The van der Waals surface area contributed by atoms with Gasteiger partial charge in [-0.3, -0.25) is 4.79 Å². The first-order chi connectivity index (χ1) is 15.6. The summed E-state index contributed by atoms with van der Waals surface area (Å²) in [6.45, 7) is 11.5. The van der Waals surface area contributed by atoms with Gasteiger partial charge in [0.15, 0.2) is 0 Å². The summed E-state index contributed by atoms with van der Waals surface area (Å²) < 4.78 is 5.66. The van der Waals surface area contributed by atoms with Crippen LogP contribution in [0.15, 0.2) is 36.4 Å². The van der Waals surface area contributed by atoms with Crippen molar-refractivity contribution in [1.29, 1.82) is 0 Å². The van der Waals surface area contributed by atoms with Crippen molar-refractivity contribution in [2.45, 2.75) is 84.0 Å². The number of esters is 1. The Bertz CT molecular complexity index is 1050. The number of hydrogen-bond donors (Lipinski definition) is 1. The van der Waals surface area contributed by atoms with Gasteiger partial charge in [-0.05, 0) is 83.9 Å². The minimum atomic E-state index is -0.251. The molecule has 2 aromatic rings. The molecule has 0 saturated heterocycles. The van der Waals surface area contributed by atoms with Crippen LogP contribution in [0.2, 0.25) is 0 Å². The van der Waals surface area contributed by atoms with Gasteiger partial charge in [0, 0.05) is 18.0 Å². The highest BCUT2D eigenvalue weighted by atomic mass is 16.5. The van der Waals surface area contributed by atoms with Crippen molar-refractivity contribution in [3.8, 4) is 0 Å². The molecule has 0 radical (unpaired) electrons. The molecule has 0 aliphatic heterocycles. The van der Waals surface area contributed by atoms with E-state index in [1.54, 1.807) is 0 Å². The van der Waals surface area contributed by atoms with Crippen LogP contribution in [0, 0.1) is 12.8 Å². The van der Waals surface area contributed by atoms with Crippen LogP contribution in [0.4, 0.5) is 5.69 Å². The topological polar surface area (TPSA) is 55.4 Å². The molecular weight excluding hydrogens is 410 g/mol. The van der Waals surface area contributed by atoms with Gasteiger partial charge in [0.1, 0.15) is 0 Å². The Hall–Kier alpha value is -2.62. The minimum Gasteiger partial charge on any atom is -0.462 e. The number of ether oxygens (including phenoxy) is 1. The summed E-state index contributed by atoms with van der Waals surface area (Å²) in [5.74, 6) is 0.0431. The Morgan fingerprint density at radius 1 is 0.970 bits per heavy atom. The van der Waals surface area contributed by atoms with Gasteiger partial charge >= 0.3 is 5.97 Å². The van der Waals surface area contributed by atoms with Crippen LogP contribution in [0.1, 0.15) is 92.4 Å². The standard InChI is InChI=1S/C29H37NO3/c1-19-17-24-25(29(4,5)15-14-28(24,2)3)18-23(19)27(32)33-16-13-20-9-11-22(12-10-20)30-26(31)21-7-6-8-21/h9-12,17-18,21H,6-8,13-16H2,1-5H3,(H,30,31). The quantitative estimate of drug-likeness (QED) is 0.516. The number of fused-ring (bicyclic) bond motifs is 1. The lowest BCUT2D eigenvalue weighted by atomic mass is 9.62. The van der Waals surface area contributed by atoms with E-state index in [9.17, 15) is 9.59 Å². The maximum absolute atomic E-state index is 12.9. The molecule has 1 N–H and O–H groups in total. The fourth-order valence-electron chi connectivity index (χ4n) is 4.95.